The predicted octanol–water partition coefficient (Wildman–Crippen LogP) is 1.59. The lowest BCUT2D eigenvalue weighted by molar-refractivity contribution is -0.145. The van der Waals surface area contributed by atoms with E-state index in [0.29, 0.717) is 6.07 Å². The fraction of sp³-hybridized carbons (Fsp3) is 0.417. The zero-order valence-electron chi connectivity index (χ0n) is 10.8. The maximum Gasteiger partial charge on any atom is 0.324 e. The smallest absolute Gasteiger partial charge is 0.324 e. The first-order valence-corrected chi connectivity index (χ1v) is 6.49. The van der Waals surface area contributed by atoms with E-state index < -0.39 is 33.2 Å². The molecule has 0 radical (unpaired) electrons. The monoisotopic (exact) mass is 294 g/mol. The van der Waals surface area contributed by atoms with Crippen LogP contribution in [0.25, 0.3) is 0 Å². The second-order valence-corrected chi connectivity index (χ2v) is 6.07. The van der Waals surface area contributed by atoms with E-state index in [-0.39, 0.29) is 17.0 Å². The molecule has 0 aliphatic carbocycles. The van der Waals surface area contributed by atoms with Gasteiger partial charge < -0.3 is 10.2 Å². The van der Waals surface area contributed by atoms with Gasteiger partial charge in [-0.1, -0.05) is 0 Å². The molecule has 4 nitrogen and oxygen atoms in total. The first-order chi connectivity index (χ1) is 8.30. The normalized spacial score (nSPS) is 12.5. The molecule has 0 saturated carbocycles. The SMILES string of the molecule is CCOC(=O)C(C)(C)S(=O)c1ccc(F)cc1F.O. The standard InChI is InChI=1S/C12H14F2O3S.H2O/c1-4-17-11(15)12(2,3)18(16)10-6-5-8(13)7-9(10)14;/h5-7H,4H2,1-3H3;1H2. The Balaban J connectivity index is 0.00000324. The molecule has 0 heterocycles. The molecule has 7 heteroatoms. The van der Waals surface area contributed by atoms with E-state index in [4.69, 9.17) is 4.74 Å². The summed E-state index contributed by atoms with van der Waals surface area (Å²) in [4.78, 5) is 11.4. The van der Waals surface area contributed by atoms with Gasteiger partial charge in [-0.15, -0.1) is 0 Å². The Morgan fingerprint density at radius 2 is 1.95 bits per heavy atom. The number of ether oxygens (including phenoxy) is 1. The highest BCUT2D eigenvalue weighted by molar-refractivity contribution is 7.87. The van der Waals surface area contributed by atoms with Crippen LogP contribution in [0.5, 0.6) is 0 Å². The summed E-state index contributed by atoms with van der Waals surface area (Å²) in [5.74, 6) is -2.39. The molecule has 2 N–H and O–H groups in total. The second kappa shape index (κ2) is 6.72. The molecule has 108 valence electrons. The highest BCUT2D eigenvalue weighted by Crippen LogP contribution is 2.25. The van der Waals surface area contributed by atoms with Crippen LogP contribution in [0.2, 0.25) is 0 Å². The Kier molecular flexibility index (Phi) is 6.24. The Bertz CT molecular complexity index is 489. The van der Waals surface area contributed by atoms with E-state index in [9.17, 15) is 17.8 Å². The van der Waals surface area contributed by atoms with Crippen molar-refractivity contribution in [3.05, 3.63) is 29.8 Å². The quantitative estimate of drug-likeness (QED) is 0.791. The first-order valence-electron chi connectivity index (χ1n) is 5.34. The van der Waals surface area contributed by atoms with Crippen molar-refractivity contribution in [2.75, 3.05) is 6.61 Å². The molecule has 0 aliphatic heterocycles. The van der Waals surface area contributed by atoms with Crippen molar-refractivity contribution >= 4 is 16.8 Å². The fourth-order valence-electron chi connectivity index (χ4n) is 1.28. The lowest BCUT2D eigenvalue weighted by Gasteiger charge is -2.21. The molecule has 0 saturated heterocycles. The van der Waals surface area contributed by atoms with Crippen molar-refractivity contribution in [2.24, 2.45) is 0 Å². The molecule has 0 amide bonds. The van der Waals surface area contributed by atoms with E-state index in [2.05, 4.69) is 0 Å². The third-order valence-electron chi connectivity index (χ3n) is 2.32. The van der Waals surface area contributed by atoms with E-state index in [1.54, 1.807) is 6.92 Å². The molecule has 1 atom stereocenters. The van der Waals surface area contributed by atoms with Gasteiger partial charge in [-0.2, -0.15) is 0 Å². The highest BCUT2D eigenvalue weighted by atomic mass is 32.2. The summed E-state index contributed by atoms with van der Waals surface area (Å²) in [5, 5.41) is 0. The summed E-state index contributed by atoms with van der Waals surface area (Å²) in [5.41, 5.74) is 0. The van der Waals surface area contributed by atoms with Gasteiger partial charge in [0.15, 0.2) is 0 Å². The van der Waals surface area contributed by atoms with Gasteiger partial charge in [0, 0.05) is 6.07 Å². The molecule has 19 heavy (non-hydrogen) atoms. The predicted molar refractivity (Wildman–Crippen MR) is 67.1 cm³/mol. The number of benzene rings is 1. The number of hydrogen-bond donors (Lipinski definition) is 0. The van der Waals surface area contributed by atoms with Crippen molar-refractivity contribution in [3.63, 3.8) is 0 Å². The highest BCUT2D eigenvalue weighted by Gasteiger charge is 2.38. The molecule has 0 spiro atoms. The van der Waals surface area contributed by atoms with E-state index in [1.165, 1.54) is 13.8 Å². The maximum absolute atomic E-state index is 13.5. The van der Waals surface area contributed by atoms with Crippen LogP contribution < -0.4 is 0 Å². The third kappa shape index (κ3) is 3.81. The van der Waals surface area contributed by atoms with Gasteiger partial charge in [0.2, 0.25) is 0 Å². The lowest BCUT2D eigenvalue weighted by Crippen LogP contribution is -2.38. The Morgan fingerprint density at radius 1 is 1.37 bits per heavy atom. The summed E-state index contributed by atoms with van der Waals surface area (Å²) < 4.78 is 41.8. The minimum atomic E-state index is -1.96. The van der Waals surface area contributed by atoms with Crippen LogP contribution in [0.15, 0.2) is 23.1 Å². The van der Waals surface area contributed by atoms with Crippen molar-refractivity contribution in [2.45, 2.75) is 30.4 Å². The van der Waals surface area contributed by atoms with Crippen molar-refractivity contribution in [1.29, 1.82) is 0 Å². The molecule has 0 aromatic heterocycles. The van der Waals surface area contributed by atoms with Crippen LogP contribution in [0.3, 0.4) is 0 Å². The Labute approximate surface area is 112 Å². The van der Waals surface area contributed by atoms with E-state index in [1.807, 2.05) is 0 Å². The summed E-state index contributed by atoms with van der Waals surface area (Å²) in [6.45, 7) is 4.55. The number of halogens is 2. The van der Waals surface area contributed by atoms with Crippen LogP contribution in [-0.4, -0.2) is 27.0 Å². The van der Waals surface area contributed by atoms with Crippen molar-refractivity contribution in [1.82, 2.24) is 0 Å². The minimum Gasteiger partial charge on any atom is -0.465 e. The van der Waals surface area contributed by atoms with Gasteiger partial charge in [0.05, 0.1) is 22.3 Å². The Hall–Kier alpha value is -1.34. The molecular weight excluding hydrogens is 278 g/mol. The maximum atomic E-state index is 13.5. The third-order valence-corrected chi connectivity index (χ3v) is 4.15. The van der Waals surface area contributed by atoms with Gasteiger partial charge in [-0.05, 0) is 32.9 Å². The zero-order valence-corrected chi connectivity index (χ0v) is 11.6. The molecule has 1 aromatic carbocycles. The van der Waals surface area contributed by atoms with Crippen LogP contribution >= 0.6 is 0 Å². The second-order valence-electron chi connectivity index (χ2n) is 4.07. The molecule has 1 unspecified atom stereocenters. The van der Waals surface area contributed by atoms with Crippen LogP contribution in [-0.2, 0) is 20.3 Å². The van der Waals surface area contributed by atoms with E-state index >= 15 is 0 Å². The molecule has 0 fully saturated rings. The van der Waals surface area contributed by atoms with Gasteiger partial charge in [-0.3, -0.25) is 9.00 Å². The average molecular weight is 294 g/mol. The molecule has 1 aromatic rings. The molecule has 0 bridgehead atoms. The number of rotatable bonds is 4. The number of hydrogen-bond acceptors (Lipinski definition) is 3. The summed E-state index contributed by atoms with van der Waals surface area (Å²) >= 11 is 0. The molecule has 1 rings (SSSR count). The van der Waals surface area contributed by atoms with Gasteiger partial charge in [0.25, 0.3) is 0 Å². The number of carbonyl (C=O) groups is 1. The van der Waals surface area contributed by atoms with Crippen LogP contribution in [0.1, 0.15) is 20.8 Å². The van der Waals surface area contributed by atoms with Crippen LogP contribution in [0.4, 0.5) is 8.78 Å². The van der Waals surface area contributed by atoms with E-state index in [0.717, 1.165) is 12.1 Å². The summed E-state index contributed by atoms with van der Waals surface area (Å²) in [6.07, 6.45) is 0. The summed E-state index contributed by atoms with van der Waals surface area (Å²) in [6, 6.07) is 2.70. The lowest BCUT2D eigenvalue weighted by atomic mass is 10.2. The number of carbonyl (C=O) groups excluding carboxylic acids is 1. The Morgan fingerprint density at radius 3 is 2.42 bits per heavy atom. The van der Waals surface area contributed by atoms with Crippen molar-refractivity contribution in [3.8, 4) is 0 Å². The summed E-state index contributed by atoms with van der Waals surface area (Å²) in [7, 11) is -1.96. The molecule has 0 aliphatic rings. The largest absolute Gasteiger partial charge is 0.465 e. The van der Waals surface area contributed by atoms with Gasteiger partial charge in [-0.25, -0.2) is 8.78 Å². The fourth-order valence-corrected chi connectivity index (χ4v) is 2.47. The van der Waals surface area contributed by atoms with Crippen molar-refractivity contribution < 1.29 is 28.0 Å². The topological polar surface area (TPSA) is 74.9 Å². The van der Waals surface area contributed by atoms with Gasteiger partial charge in [0.1, 0.15) is 16.4 Å². The van der Waals surface area contributed by atoms with Gasteiger partial charge >= 0.3 is 5.97 Å². The minimum absolute atomic E-state index is 0. The average Bonchev–Trinajstić information content (AvgIpc) is 2.28. The molecular formula is C12H16F2O4S. The zero-order chi connectivity index (χ0) is 13.9. The number of esters is 1. The first kappa shape index (κ1) is 17.7. The van der Waals surface area contributed by atoms with Crippen LogP contribution in [0, 0.1) is 11.6 Å².